The van der Waals surface area contributed by atoms with Crippen molar-refractivity contribution in [3.8, 4) is 16.4 Å². The molecule has 2 aromatic carbocycles. The monoisotopic (exact) mass is 304 g/mol. The van der Waals surface area contributed by atoms with E-state index in [1.807, 2.05) is 6.07 Å². The molecule has 0 N–H and O–H groups in total. The van der Waals surface area contributed by atoms with Crippen LogP contribution in [0, 0.1) is 13.8 Å². The molecule has 0 fully saturated rings. The predicted molar refractivity (Wildman–Crippen MR) is 93.9 cm³/mol. The molecule has 2 aromatic heterocycles. The van der Waals surface area contributed by atoms with Gasteiger partial charge in [0.15, 0.2) is 5.82 Å². The summed E-state index contributed by atoms with van der Waals surface area (Å²) in [4.78, 5) is 7.37. The molecule has 0 aliphatic heterocycles. The van der Waals surface area contributed by atoms with Crippen molar-refractivity contribution in [1.82, 2.24) is 9.55 Å². The van der Waals surface area contributed by atoms with Crippen molar-refractivity contribution in [2.75, 3.05) is 0 Å². The predicted octanol–water partition coefficient (Wildman–Crippen LogP) is 5.37. The number of imidazole rings is 1. The quantitative estimate of drug-likeness (QED) is 0.487. The largest absolute Gasteiger partial charge is 0.292 e. The molecular formula is C19H16N2S. The van der Waals surface area contributed by atoms with E-state index in [9.17, 15) is 0 Å². The highest BCUT2D eigenvalue weighted by molar-refractivity contribution is 7.15. The van der Waals surface area contributed by atoms with Crippen molar-refractivity contribution in [2.45, 2.75) is 13.8 Å². The third kappa shape index (κ3) is 2.14. The average Bonchev–Trinajstić information content (AvgIpc) is 3.11. The Hall–Kier alpha value is -2.39. The van der Waals surface area contributed by atoms with E-state index in [4.69, 9.17) is 4.98 Å². The molecule has 2 heterocycles. The summed E-state index contributed by atoms with van der Waals surface area (Å²) in [7, 11) is 0. The van der Waals surface area contributed by atoms with Gasteiger partial charge in [0.25, 0.3) is 0 Å². The zero-order valence-corrected chi connectivity index (χ0v) is 13.4. The van der Waals surface area contributed by atoms with Crippen molar-refractivity contribution < 1.29 is 0 Å². The van der Waals surface area contributed by atoms with Crippen molar-refractivity contribution in [2.24, 2.45) is 0 Å². The number of aromatic nitrogens is 2. The first-order valence-corrected chi connectivity index (χ1v) is 8.15. The normalized spacial score (nSPS) is 11.2. The number of hydrogen-bond donors (Lipinski definition) is 0. The number of hydrogen-bond acceptors (Lipinski definition) is 2. The summed E-state index contributed by atoms with van der Waals surface area (Å²) in [6.45, 7) is 4.24. The molecule has 0 radical (unpaired) electrons. The maximum absolute atomic E-state index is 4.87. The Bertz CT molecular complexity index is 945. The summed E-state index contributed by atoms with van der Waals surface area (Å²) < 4.78 is 2.25. The molecular weight excluding hydrogens is 288 g/mol. The Morgan fingerprint density at radius 2 is 1.64 bits per heavy atom. The fourth-order valence-corrected chi connectivity index (χ4v) is 3.55. The van der Waals surface area contributed by atoms with Crippen LogP contribution in [0.15, 0.2) is 60.7 Å². The van der Waals surface area contributed by atoms with Gasteiger partial charge in [0.1, 0.15) is 0 Å². The molecule has 0 saturated heterocycles. The standard InChI is InChI=1S/C19H16N2S/c1-13-7-10-15(11-8-13)21-17-6-4-3-5-16(17)20-19(21)18-12-9-14(2)22-18/h3-12H,1-2H3. The SMILES string of the molecule is Cc1ccc(-n2c(-c3ccc(C)s3)nc3ccccc32)cc1. The zero-order chi connectivity index (χ0) is 15.1. The number of para-hydroxylation sites is 2. The molecule has 4 aromatic rings. The number of nitrogens with zero attached hydrogens (tertiary/aromatic N) is 2. The van der Waals surface area contributed by atoms with Gasteiger partial charge < -0.3 is 0 Å². The highest BCUT2D eigenvalue weighted by atomic mass is 32.1. The number of rotatable bonds is 2. The van der Waals surface area contributed by atoms with E-state index >= 15 is 0 Å². The zero-order valence-electron chi connectivity index (χ0n) is 12.6. The molecule has 0 spiro atoms. The van der Waals surface area contributed by atoms with Crippen LogP contribution < -0.4 is 0 Å². The van der Waals surface area contributed by atoms with Crippen LogP contribution in [0.2, 0.25) is 0 Å². The molecule has 108 valence electrons. The van der Waals surface area contributed by atoms with Gasteiger partial charge in [0.2, 0.25) is 0 Å². The molecule has 0 bridgehead atoms. The third-order valence-electron chi connectivity index (χ3n) is 3.81. The van der Waals surface area contributed by atoms with Gasteiger partial charge >= 0.3 is 0 Å². The van der Waals surface area contributed by atoms with Crippen LogP contribution in [0.5, 0.6) is 0 Å². The smallest absolute Gasteiger partial charge is 0.155 e. The van der Waals surface area contributed by atoms with E-state index in [0.29, 0.717) is 0 Å². The molecule has 0 amide bonds. The summed E-state index contributed by atoms with van der Waals surface area (Å²) in [6.07, 6.45) is 0. The molecule has 22 heavy (non-hydrogen) atoms. The Balaban J connectivity index is 2.03. The molecule has 0 unspecified atom stereocenters. The van der Waals surface area contributed by atoms with Crippen LogP contribution >= 0.6 is 11.3 Å². The van der Waals surface area contributed by atoms with Gasteiger partial charge in [0.05, 0.1) is 15.9 Å². The van der Waals surface area contributed by atoms with Crippen molar-refractivity contribution in [3.05, 3.63) is 71.1 Å². The first-order chi connectivity index (χ1) is 10.7. The van der Waals surface area contributed by atoms with Crippen molar-refractivity contribution >= 4 is 22.4 Å². The maximum Gasteiger partial charge on any atom is 0.155 e. The first-order valence-electron chi connectivity index (χ1n) is 7.34. The van der Waals surface area contributed by atoms with Crippen LogP contribution in [0.3, 0.4) is 0 Å². The third-order valence-corrected chi connectivity index (χ3v) is 4.81. The van der Waals surface area contributed by atoms with Gasteiger partial charge in [-0.3, -0.25) is 4.57 Å². The second-order valence-corrected chi connectivity index (χ2v) is 6.79. The van der Waals surface area contributed by atoms with E-state index in [1.165, 1.54) is 15.3 Å². The topological polar surface area (TPSA) is 17.8 Å². The fraction of sp³-hybridized carbons (Fsp3) is 0.105. The molecule has 3 heteroatoms. The lowest BCUT2D eigenvalue weighted by molar-refractivity contribution is 1.11. The molecule has 4 rings (SSSR count). The Morgan fingerprint density at radius 3 is 2.36 bits per heavy atom. The second-order valence-electron chi connectivity index (χ2n) is 5.51. The lowest BCUT2D eigenvalue weighted by atomic mass is 10.2. The minimum absolute atomic E-state index is 1.02. The Morgan fingerprint density at radius 1 is 0.864 bits per heavy atom. The van der Waals surface area contributed by atoms with Crippen LogP contribution in [-0.4, -0.2) is 9.55 Å². The van der Waals surface area contributed by atoms with Gasteiger partial charge in [-0.1, -0.05) is 29.8 Å². The van der Waals surface area contributed by atoms with Gasteiger partial charge in [-0.05, 0) is 50.2 Å². The lowest BCUT2D eigenvalue weighted by Crippen LogP contribution is -1.96. The molecule has 0 saturated carbocycles. The Labute approximate surface area is 133 Å². The van der Waals surface area contributed by atoms with Gasteiger partial charge in [0, 0.05) is 10.6 Å². The van der Waals surface area contributed by atoms with Crippen LogP contribution in [0.1, 0.15) is 10.4 Å². The number of fused-ring (bicyclic) bond motifs is 1. The first kappa shape index (κ1) is 13.3. The molecule has 0 atom stereocenters. The molecule has 2 nitrogen and oxygen atoms in total. The number of aryl methyl sites for hydroxylation is 2. The van der Waals surface area contributed by atoms with E-state index in [-0.39, 0.29) is 0 Å². The second kappa shape index (κ2) is 5.11. The van der Waals surface area contributed by atoms with E-state index in [1.54, 1.807) is 11.3 Å². The molecule has 0 aliphatic carbocycles. The molecule has 0 aliphatic rings. The highest BCUT2D eigenvalue weighted by Crippen LogP contribution is 2.32. The minimum Gasteiger partial charge on any atom is -0.292 e. The van der Waals surface area contributed by atoms with E-state index in [2.05, 4.69) is 73.0 Å². The van der Waals surface area contributed by atoms with E-state index < -0.39 is 0 Å². The summed E-state index contributed by atoms with van der Waals surface area (Å²) in [5, 5.41) is 0. The summed E-state index contributed by atoms with van der Waals surface area (Å²) in [5.41, 5.74) is 4.60. The minimum atomic E-state index is 1.02. The average molecular weight is 304 g/mol. The van der Waals surface area contributed by atoms with Gasteiger partial charge in [-0.15, -0.1) is 11.3 Å². The van der Waals surface area contributed by atoms with Crippen molar-refractivity contribution in [1.29, 1.82) is 0 Å². The van der Waals surface area contributed by atoms with Gasteiger partial charge in [-0.2, -0.15) is 0 Å². The summed E-state index contributed by atoms with van der Waals surface area (Å²) in [6, 6.07) is 21.2. The van der Waals surface area contributed by atoms with Crippen LogP contribution in [-0.2, 0) is 0 Å². The highest BCUT2D eigenvalue weighted by Gasteiger charge is 2.15. The van der Waals surface area contributed by atoms with E-state index in [0.717, 1.165) is 22.5 Å². The van der Waals surface area contributed by atoms with Gasteiger partial charge in [-0.25, -0.2) is 4.98 Å². The van der Waals surface area contributed by atoms with Crippen LogP contribution in [0.4, 0.5) is 0 Å². The number of benzene rings is 2. The lowest BCUT2D eigenvalue weighted by Gasteiger charge is -2.08. The summed E-state index contributed by atoms with van der Waals surface area (Å²) in [5.74, 6) is 1.02. The fourth-order valence-electron chi connectivity index (χ4n) is 2.70. The number of thiophene rings is 1. The Kier molecular flexibility index (Phi) is 3.09. The van der Waals surface area contributed by atoms with Crippen molar-refractivity contribution in [3.63, 3.8) is 0 Å². The van der Waals surface area contributed by atoms with Crippen LogP contribution in [0.25, 0.3) is 27.4 Å². The summed E-state index contributed by atoms with van der Waals surface area (Å²) >= 11 is 1.78. The maximum atomic E-state index is 4.87.